The predicted molar refractivity (Wildman–Crippen MR) is 52.8 cm³/mol. The van der Waals surface area contributed by atoms with Crippen LogP contribution in [0.25, 0.3) is 0 Å². The summed E-state index contributed by atoms with van der Waals surface area (Å²) in [5.41, 5.74) is 0.164. The van der Waals surface area contributed by atoms with Gasteiger partial charge in [-0.05, 0) is 6.92 Å². The maximum atomic E-state index is 11.2. The standard InChI is InChI=1S/C9H14N2O4/c1-3-14-8(12)7-6-15-9(11-7)10-4-5-13-2/h6H,3-5H2,1-2H3,(H,10,11). The van der Waals surface area contributed by atoms with Gasteiger partial charge in [0.25, 0.3) is 6.01 Å². The highest BCUT2D eigenvalue weighted by Gasteiger charge is 2.12. The lowest BCUT2D eigenvalue weighted by Gasteiger charge is -1.98. The number of aromatic nitrogens is 1. The van der Waals surface area contributed by atoms with Gasteiger partial charge in [0.2, 0.25) is 0 Å². The summed E-state index contributed by atoms with van der Waals surface area (Å²) < 4.78 is 14.6. The maximum Gasteiger partial charge on any atom is 0.360 e. The summed E-state index contributed by atoms with van der Waals surface area (Å²) in [6.45, 7) is 3.16. The molecule has 0 unspecified atom stereocenters. The van der Waals surface area contributed by atoms with Crippen molar-refractivity contribution in [3.05, 3.63) is 12.0 Å². The van der Waals surface area contributed by atoms with Crippen molar-refractivity contribution in [1.82, 2.24) is 4.98 Å². The van der Waals surface area contributed by atoms with Crippen LogP contribution in [0.15, 0.2) is 10.7 Å². The number of oxazole rings is 1. The third-order valence-electron chi connectivity index (χ3n) is 1.57. The van der Waals surface area contributed by atoms with Gasteiger partial charge in [-0.2, -0.15) is 4.98 Å². The van der Waals surface area contributed by atoms with Crippen LogP contribution in [0.4, 0.5) is 6.01 Å². The molecule has 0 aliphatic rings. The minimum Gasteiger partial charge on any atom is -0.461 e. The maximum absolute atomic E-state index is 11.2. The van der Waals surface area contributed by atoms with Gasteiger partial charge in [-0.25, -0.2) is 4.79 Å². The van der Waals surface area contributed by atoms with E-state index in [9.17, 15) is 4.79 Å². The largest absolute Gasteiger partial charge is 0.461 e. The molecular weight excluding hydrogens is 200 g/mol. The first-order chi connectivity index (χ1) is 7.27. The Labute approximate surface area is 87.6 Å². The molecule has 1 aromatic rings. The summed E-state index contributed by atoms with van der Waals surface area (Å²) in [4.78, 5) is 15.1. The van der Waals surface area contributed by atoms with E-state index in [1.807, 2.05) is 0 Å². The summed E-state index contributed by atoms with van der Waals surface area (Å²) in [5.74, 6) is -0.485. The van der Waals surface area contributed by atoms with Crippen LogP contribution in [0.2, 0.25) is 0 Å². The molecule has 1 N–H and O–H groups in total. The van der Waals surface area contributed by atoms with Crippen LogP contribution in [0.1, 0.15) is 17.4 Å². The van der Waals surface area contributed by atoms with E-state index >= 15 is 0 Å². The van der Waals surface area contributed by atoms with E-state index in [2.05, 4.69) is 10.3 Å². The second-order valence-electron chi connectivity index (χ2n) is 2.68. The number of rotatable bonds is 6. The Kier molecular flexibility index (Phi) is 4.62. The van der Waals surface area contributed by atoms with Crippen LogP contribution in [0.5, 0.6) is 0 Å². The van der Waals surface area contributed by atoms with Gasteiger partial charge in [-0.15, -0.1) is 0 Å². The van der Waals surface area contributed by atoms with E-state index in [1.165, 1.54) is 6.26 Å². The Bertz CT molecular complexity index is 311. The third kappa shape index (κ3) is 3.59. The normalized spacial score (nSPS) is 10.0. The molecule has 84 valence electrons. The predicted octanol–water partition coefficient (Wildman–Crippen LogP) is 0.910. The van der Waals surface area contributed by atoms with Gasteiger partial charge in [0.1, 0.15) is 6.26 Å². The molecule has 6 nitrogen and oxygen atoms in total. The van der Waals surface area contributed by atoms with Crippen molar-refractivity contribution in [2.45, 2.75) is 6.92 Å². The van der Waals surface area contributed by atoms with E-state index in [4.69, 9.17) is 13.9 Å². The SMILES string of the molecule is CCOC(=O)c1coc(NCCOC)n1. The molecule has 0 amide bonds. The Balaban J connectivity index is 2.45. The zero-order valence-electron chi connectivity index (χ0n) is 8.78. The van der Waals surface area contributed by atoms with Crippen molar-refractivity contribution in [3.8, 4) is 0 Å². The Morgan fingerprint density at radius 3 is 3.13 bits per heavy atom. The number of nitrogens with one attached hydrogen (secondary N) is 1. The molecule has 0 saturated carbocycles. The number of esters is 1. The minimum atomic E-state index is -0.485. The lowest BCUT2D eigenvalue weighted by molar-refractivity contribution is 0.0519. The van der Waals surface area contributed by atoms with Gasteiger partial charge in [0.15, 0.2) is 5.69 Å². The Morgan fingerprint density at radius 2 is 2.47 bits per heavy atom. The molecule has 6 heteroatoms. The first-order valence-corrected chi connectivity index (χ1v) is 4.63. The molecule has 0 atom stereocenters. The molecule has 1 heterocycles. The number of ether oxygens (including phenoxy) is 2. The average Bonchev–Trinajstić information content (AvgIpc) is 2.67. The van der Waals surface area contributed by atoms with Crippen LogP contribution in [-0.4, -0.2) is 37.8 Å². The number of methoxy groups -OCH3 is 1. The summed E-state index contributed by atoms with van der Waals surface area (Å²) in [5, 5.41) is 2.85. The highest BCUT2D eigenvalue weighted by molar-refractivity contribution is 5.87. The van der Waals surface area contributed by atoms with E-state index in [-0.39, 0.29) is 11.7 Å². The quantitative estimate of drug-likeness (QED) is 0.560. The molecule has 0 aliphatic carbocycles. The van der Waals surface area contributed by atoms with Gasteiger partial charge in [-0.3, -0.25) is 0 Å². The van der Waals surface area contributed by atoms with Gasteiger partial charge in [0, 0.05) is 13.7 Å². The number of carbonyl (C=O) groups is 1. The van der Waals surface area contributed by atoms with Gasteiger partial charge in [-0.1, -0.05) is 0 Å². The molecule has 15 heavy (non-hydrogen) atoms. The lowest BCUT2D eigenvalue weighted by atomic mass is 10.5. The number of anilines is 1. The van der Waals surface area contributed by atoms with Crippen molar-refractivity contribution >= 4 is 12.0 Å². The third-order valence-corrected chi connectivity index (χ3v) is 1.57. The van der Waals surface area contributed by atoms with Gasteiger partial charge in [0.05, 0.1) is 13.2 Å². The van der Waals surface area contributed by atoms with E-state index in [0.29, 0.717) is 19.8 Å². The lowest BCUT2D eigenvalue weighted by Crippen LogP contribution is -2.09. The minimum absolute atomic E-state index is 0.164. The molecule has 1 rings (SSSR count). The fourth-order valence-electron chi connectivity index (χ4n) is 0.914. The summed E-state index contributed by atoms with van der Waals surface area (Å²) >= 11 is 0. The summed E-state index contributed by atoms with van der Waals surface area (Å²) in [6.07, 6.45) is 1.26. The molecule has 0 bridgehead atoms. The van der Waals surface area contributed by atoms with E-state index in [0.717, 1.165) is 0 Å². The van der Waals surface area contributed by atoms with Crippen LogP contribution in [0.3, 0.4) is 0 Å². The monoisotopic (exact) mass is 214 g/mol. The molecule has 0 aromatic carbocycles. The first kappa shape index (κ1) is 11.5. The van der Waals surface area contributed by atoms with E-state index < -0.39 is 5.97 Å². The van der Waals surface area contributed by atoms with Crippen molar-refractivity contribution in [1.29, 1.82) is 0 Å². The molecule has 0 fully saturated rings. The topological polar surface area (TPSA) is 73.6 Å². The molecule has 0 saturated heterocycles. The smallest absolute Gasteiger partial charge is 0.360 e. The van der Waals surface area contributed by atoms with Crippen LogP contribution < -0.4 is 5.32 Å². The number of carbonyl (C=O) groups excluding carboxylic acids is 1. The fraction of sp³-hybridized carbons (Fsp3) is 0.556. The first-order valence-electron chi connectivity index (χ1n) is 4.63. The van der Waals surface area contributed by atoms with Crippen LogP contribution in [-0.2, 0) is 9.47 Å². The van der Waals surface area contributed by atoms with Crippen molar-refractivity contribution < 1.29 is 18.7 Å². The molecule has 0 aliphatic heterocycles. The van der Waals surface area contributed by atoms with Crippen molar-refractivity contribution in [3.63, 3.8) is 0 Å². The highest BCUT2D eigenvalue weighted by atomic mass is 16.5. The van der Waals surface area contributed by atoms with Crippen molar-refractivity contribution in [2.24, 2.45) is 0 Å². The Hall–Kier alpha value is -1.56. The number of hydrogen-bond donors (Lipinski definition) is 1. The molecular formula is C9H14N2O4. The average molecular weight is 214 g/mol. The summed E-state index contributed by atoms with van der Waals surface area (Å²) in [7, 11) is 1.60. The van der Waals surface area contributed by atoms with Gasteiger partial charge >= 0.3 is 5.97 Å². The Morgan fingerprint density at radius 1 is 1.67 bits per heavy atom. The fourth-order valence-corrected chi connectivity index (χ4v) is 0.914. The number of hydrogen-bond acceptors (Lipinski definition) is 6. The van der Waals surface area contributed by atoms with Crippen LogP contribution in [0, 0.1) is 0 Å². The summed E-state index contributed by atoms with van der Waals surface area (Å²) in [6, 6.07) is 0.287. The molecule has 0 spiro atoms. The highest BCUT2D eigenvalue weighted by Crippen LogP contribution is 2.07. The van der Waals surface area contributed by atoms with Crippen molar-refractivity contribution in [2.75, 3.05) is 32.2 Å². The molecule has 0 radical (unpaired) electrons. The second kappa shape index (κ2) is 6.02. The van der Waals surface area contributed by atoms with E-state index in [1.54, 1.807) is 14.0 Å². The van der Waals surface area contributed by atoms with Crippen LogP contribution >= 0.6 is 0 Å². The molecule has 1 aromatic heterocycles. The second-order valence-corrected chi connectivity index (χ2v) is 2.68. The zero-order valence-corrected chi connectivity index (χ0v) is 8.78. The zero-order chi connectivity index (χ0) is 11.1. The van der Waals surface area contributed by atoms with Gasteiger partial charge < -0.3 is 19.2 Å². The number of nitrogens with zero attached hydrogens (tertiary/aromatic N) is 1.